The van der Waals surface area contributed by atoms with Crippen molar-refractivity contribution < 1.29 is 18.0 Å². The van der Waals surface area contributed by atoms with Gasteiger partial charge in [0.25, 0.3) is 0 Å². The van der Waals surface area contributed by atoms with Crippen molar-refractivity contribution in [1.29, 1.82) is 0 Å². The molecule has 0 saturated heterocycles. The summed E-state index contributed by atoms with van der Waals surface area (Å²) in [4.78, 5) is 29.3. The molecular weight excluding hydrogens is 605 g/mol. The zero-order chi connectivity index (χ0) is 31.7. The van der Waals surface area contributed by atoms with E-state index < -0.39 is 16.1 Å². The number of amides is 2. The Kier molecular flexibility index (Phi) is 12.5. The van der Waals surface area contributed by atoms with E-state index in [0.717, 1.165) is 29.4 Å². The quantitative estimate of drug-likeness (QED) is 0.211. The van der Waals surface area contributed by atoms with Crippen molar-refractivity contribution in [2.45, 2.75) is 72.0 Å². The molecule has 2 atom stereocenters. The maximum Gasteiger partial charge on any atom is 0.243 e. The Morgan fingerprint density at radius 3 is 2.19 bits per heavy atom. The number of hydrogen-bond acceptors (Lipinski definition) is 4. The number of hydrogen-bond donors (Lipinski definition) is 1. The molecule has 232 valence electrons. The van der Waals surface area contributed by atoms with Crippen LogP contribution in [-0.4, -0.2) is 50.0 Å². The Balaban J connectivity index is 1.93. The molecule has 3 aromatic carbocycles. The highest BCUT2D eigenvalue weighted by Gasteiger charge is 2.31. The van der Waals surface area contributed by atoms with E-state index in [9.17, 15) is 18.0 Å². The number of carbonyl (C=O) groups excluding carboxylic acids is 2. The van der Waals surface area contributed by atoms with Crippen molar-refractivity contribution in [3.05, 3.63) is 99.0 Å². The van der Waals surface area contributed by atoms with Gasteiger partial charge in [0.15, 0.2) is 0 Å². The van der Waals surface area contributed by atoms with Gasteiger partial charge in [0.05, 0.1) is 11.9 Å². The molecule has 0 bridgehead atoms. The van der Waals surface area contributed by atoms with Gasteiger partial charge >= 0.3 is 0 Å². The summed E-state index contributed by atoms with van der Waals surface area (Å²) < 4.78 is 26.8. The predicted octanol–water partition coefficient (Wildman–Crippen LogP) is 6.71. The van der Waals surface area contributed by atoms with Crippen LogP contribution in [-0.2, 0) is 32.6 Å². The van der Waals surface area contributed by atoms with Gasteiger partial charge in [0, 0.05) is 42.0 Å². The highest BCUT2D eigenvalue weighted by Crippen LogP contribution is 2.26. The molecule has 0 spiro atoms. The van der Waals surface area contributed by atoms with Crippen molar-refractivity contribution in [2.24, 2.45) is 0 Å². The summed E-state index contributed by atoms with van der Waals surface area (Å²) >= 11 is 12.7. The third-order valence-corrected chi connectivity index (χ3v) is 9.06. The molecule has 2 amide bonds. The van der Waals surface area contributed by atoms with Crippen LogP contribution in [0, 0.1) is 13.8 Å². The Morgan fingerprint density at radius 1 is 0.953 bits per heavy atom. The summed E-state index contributed by atoms with van der Waals surface area (Å²) in [7, 11) is -3.60. The predicted molar refractivity (Wildman–Crippen MR) is 176 cm³/mol. The van der Waals surface area contributed by atoms with E-state index >= 15 is 0 Å². The number of nitrogens with one attached hydrogen (secondary N) is 1. The first kappa shape index (κ1) is 34.4. The standard InChI is InChI=1S/C33H41Cl2N3O4S/c1-6-25(4)36-33(40)31(20-26-11-8-7-9-12-26)37(22-27-14-15-28(34)21-30(27)35)32(39)13-10-16-38(43(5,41)42)29-18-23(2)17-24(3)19-29/h7-9,11-12,14-15,17-19,21,25,31H,6,10,13,16,20,22H2,1-5H3,(H,36,40)/t25-,31+/m0/s1. The number of benzene rings is 3. The molecule has 0 radical (unpaired) electrons. The van der Waals surface area contributed by atoms with Gasteiger partial charge in [0.2, 0.25) is 21.8 Å². The van der Waals surface area contributed by atoms with Gasteiger partial charge in [-0.1, -0.05) is 72.6 Å². The molecule has 3 rings (SSSR count). The van der Waals surface area contributed by atoms with Crippen LogP contribution in [0.4, 0.5) is 5.69 Å². The smallest absolute Gasteiger partial charge is 0.243 e. The zero-order valence-corrected chi connectivity index (χ0v) is 27.8. The number of sulfonamides is 1. The normalized spacial score (nSPS) is 12.8. The minimum Gasteiger partial charge on any atom is -0.352 e. The molecule has 0 aromatic heterocycles. The fourth-order valence-corrected chi connectivity index (χ4v) is 6.34. The fraction of sp³-hybridized carbons (Fsp3) is 0.394. The zero-order valence-electron chi connectivity index (χ0n) is 25.4. The molecule has 43 heavy (non-hydrogen) atoms. The largest absolute Gasteiger partial charge is 0.352 e. The van der Waals surface area contributed by atoms with Gasteiger partial charge in [-0.15, -0.1) is 0 Å². The lowest BCUT2D eigenvalue weighted by molar-refractivity contribution is -0.141. The van der Waals surface area contributed by atoms with Gasteiger partial charge in [-0.3, -0.25) is 13.9 Å². The summed E-state index contributed by atoms with van der Waals surface area (Å²) in [6.45, 7) is 7.94. The molecular formula is C33H41Cl2N3O4S. The molecule has 0 aliphatic carbocycles. The Hall–Kier alpha value is -3.07. The topological polar surface area (TPSA) is 86.8 Å². The van der Waals surface area contributed by atoms with Crippen molar-refractivity contribution in [1.82, 2.24) is 10.2 Å². The minimum absolute atomic E-state index is 0.0317. The van der Waals surface area contributed by atoms with Crippen LogP contribution in [0.5, 0.6) is 0 Å². The molecule has 0 heterocycles. The van der Waals surface area contributed by atoms with E-state index in [0.29, 0.717) is 27.7 Å². The number of aryl methyl sites for hydroxylation is 2. The summed E-state index contributed by atoms with van der Waals surface area (Å²) in [5, 5.41) is 3.91. The summed E-state index contributed by atoms with van der Waals surface area (Å²) in [5.41, 5.74) is 4.02. The maximum atomic E-state index is 14.0. The fourth-order valence-electron chi connectivity index (χ4n) is 4.93. The Labute approximate surface area is 266 Å². The van der Waals surface area contributed by atoms with Crippen LogP contribution in [0.3, 0.4) is 0 Å². The third kappa shape index (κ3) is 10.3. The van der Waals surface area contributed by atoms with Gasteiger partial charge in [-0.25, -0.2) is 8.42 Å². The first-order chi connectivity index (χ1) is 20.3. The average Bonchev–Trinajstić information content (AvgIpc) is 2.93. The molecule has 3 aromatic rings. The third-order valence-electron chi connectivity index (χ3n) is 7.27. The monoisotopic (exact) mass is 645 g/mol. The van der Waals surface area contributed by atoms with E-state index in [-0.39, 0.29) is 43.8 Å². The summed E-state index contributed by atoms with van der Waals surface area (Å²) in [5.74, 6) is -0.537. The van der Waals surface area contributed by atoms with Crippen molar-refractivity contribution in [2.75, 3.05) is 17.1 Å². The lowest BCUT2D eigenvalue weighted by Crippen LogP contribution is -2.52. The van der Waals surface area contributed by atoms with E-state index in [2.05, 4.69) is 5.32 Å². The Bertz CT molecular complexity index is 1500. The number of carbonyl (C=O) groups is 2. The summed E-state index contributed by atoms with van der Waals surface area (Å²) in [6.07, 6.45) is 2.49. The highest BCUT2D eigenvalue weighted by molar-refractivity contribution is 7.92. The lowest BCUT2D eigenvalue weighted by atomic mass is 10.0. The van der Waals surface area contributed by atoms with Gasteiger partial charge in [-0.05, 0) is 80.1 Å². The second-order valence-electron chi connectivity index (χ2n) is 11.1. The van der Waals surface area contributed by atoms with Crippen molar-refractivity contribution >= 4 is 50.7 Å². The lowest BCUT2D eigenvalue weighted by Gasteiger charge is -2.33. The SMILES string of the molecule is CC[C@H](C)NC(=O)[C@@H](Cc1ccccc1)N(Cc1ccc(Cl)cc1Cl)C(=O)CCCN(c1cc(C)cc(C)c1)S(C)(=O)=O. The number of nitrogens with zero attached hydrogens (tertiary/aromatic N) is 2. The first-order valence-corrected chi connectivity index (χ1v) is 17.0. The number of anilines is 1. The van der Waals surface area contributed by atoms with Crippen LogP contribution in [0.2, 0.25) is 10.0 Å². The second-order valence-corrected chi connectivity index (χ2v) is 13.8. The molecule has 0 unspecified atom stereocenters. The van der Waals surface area contributed by atoms with E-state index in [1.165, 1.54) is 4.31 Å². The highest BCUT2D eigenvalue weighted by atomic mass is 35.5. The van der Waals surface area contributed by atoms with Gasteiger partial charge in [0.1, 0.15) is 6.04 Å². The van der Waals surface area contributed by atoms with Crippen LogP contribution >= 0.6 is 23.2 Å². The second kappa shape index (κ2) is 15.6. The average molecular weight is 647 g/mol. The Morgan fingerprint density at radius 2 is 1.60 bits per heavy atom. The molecule has 1 N–H and O–H groups in total. The molecule has 0 saturated carbocycles. The van der Waals surface area contributed by atoms with Crippen LogP contribution < -0.4 is 9.62 Å². The molecule has 0 fully saturated rings. The molecule has 10 heteroatoms. The van der Waals surface area contributed by atoms with Crippen LogP contribution in [0.25, 0.3) is 0 Å². The van der Waals surface area contributed by atoms with Gasteiger partial charge < -0.3 is 10.2 Å². The van der Waals surface area contributed by atoms with E-state index in [4.69, 9.17) is 23.2 Å². The van der Waals surface area contributed by atoms with E-state index in [1.54, 1.807) is 23.1 Å². The van der Waals surface area contributed by atoms with Gasteiger partial charge in [-0.2, -0.15) is 0 Å². The minimum atomic E-state index is -3.60. The van der Waals surface area contributed by atoms with Crippen LogP contribution in [0.1, 0.15) is 55.4 Å². The van der Waals surface area contributed by atoms with Crippen LogP contribution in [0.15, 0.2) is 66.7 Å². The van der Waals surface area contributed by atoms with Crippen molar-refractivity contribution in [3.8, 4) is 0 Å². The molecule has 0 aliphatic rings. The molecule has 0 aliphatic heterocycles. The van der Waals surface area contributed by atoms with Crippen molar-refractivity contribution in [3.63, 3.8) is 0 Å². The maximum absolute atomic E-state index is 14.0. The summed E-state index contributed by atoms with van der Waals surface area (Å²) in [6, 6.07) is 19.3. The number of rotatable bonds is 14. The number of halogens is 2. The van der Waals surface area contributed by atoms with E-state index in [1.807, 2.05) is 76.2 Å². The molecule has 7 nitrogen and oxygen atoms in total. The first-order valence-electron chi connectivity index (χ1n) is 14.4.